The summed E-state index contributed by atoms with van der Waals surface area (Å²) in [6.45, 7) is 5.21. The molecule has 5 heteroatoms. The van der Waals surface area contributed by atoms with E-state index in [2.05, 4.69) is 15.5 Å². The lowest BCUT2D eigenvalue weighted by molar-refractivity contribution is 0.0542. The van der Waals surface area contributed by atoms with Crippen LogP contribution in [0, 0.1) is 5.92 Å². The molecule has 3 heterocycles. The highest BCUT2D eigenvalue weighted by atomic mass is 16.3. The molecule has 0 bridgehead atoms. The van der Waals surface area contributed by atoms with Crippen LogP contribution in [0.4, 0.5) is 0 Å². The molecule has 0 spiro atoms. The van der Waals surface area contributed by atoms with Crippen LogP contribution >= 0.6 is 0 Å². The first kappa shape index (κ1) is 19.6. The van der Waals surface area contributed by atoms with Crippen LogP contribution in [-0.2, 0) is 6.42 Å². The smallest absolute Gasteiger partial charge is 0.252 e. The molecule has 2 fully saturated rings. The van der Waals surface area contributed by atoms with Gasteiger partial charge in [-0.25, -0.2) is 0 Å². The minimum absolute atomic E-state index is 0.0906. The first-order valence-electron chi connectivity index (χ1n) is 11.3. The van der Waals surface area contributed by atoms with Crippen LogP contribution < -0.4 is 10.6 Å². The van der Waals surface area contributed by atoms with Crippen LogP contribution in [-0.4, -0.2) is 41.6 Å². The van der Waals surface area contributed by atoms with Crippen molar-refractivity contribution in [3.8, 4) is 5.75 Å². The van der Waals surface area contributed by atoms with Crippen molar-refractivity contribution in [2.24, 2.45) is 5.92 Å². The molecule has 1 amide bonds. The third-order valence-electron chi connectivity index (χ3n) is 7.26. The second-order valence-electron chi connectivity index (χ2n) is 9.13. The summed E-state index contributed by atoms with van der Waals surface area (Å²) in [5, 5.41) is 17.2. The van der Waals surface area contributed by atoms with Gasteiger partial charge in [0.15, 0.2) is 0 Å². The molecule has 2 aromatic carbocycles. The van der Waals surface area contributed by atoms with Crippen molar-refractivity contribution >= 4 is 5.91 Å². The molecular formula is C25H31N3O2. The average Bonchev–Trinajstić information content (AvgIpc) is 2.77. The number of nitrogens with zero attached hydrogens (tertiary/aromatic N) is 1. The van der Waals surface area contributed by atoms with E-state index in [9.17, 15) is 9.90 Å². The molecule has 158 valence electrons. The molecular weight excluding hydrogens is 374 g/mol. The quantitative estimate of drug-likeness (QED) is 0.731. The van der Waals surface area contributed by atoms with Crippen LogP contribution in [0.5, 0.6) is 5.75 Å². The number of carbonyl (C=O) groups excluding carboxylic acids is 1. The zero-order valence-corrected chi connectivity index (χ0v) is 17.6. The van der Waals surface area contributed by atoms with Gasteiger partial charge >= 0.3 is 0 Å². The summed E-state index contributed by atoms with van der Waals surface area (Å²) in [7, 11) is 0. The van der Waals surface area contributed by atoms with Gasteiger partial charge in [-0.2, -0.15) is 0 Å². The minimum Gasteiger partial charge on any atom is -0.508 e. The van der Waals surface area contributed by atoms with Gasteiger partial charge in [-0.05, 0) is 73.9 Å². The maximum Gasteiger partial charge on any atom is 0.252 e. The Labute approximate surface area is 178 Å². The SMILES string of the molecule is C[C@@H](NC(=O)c1cc(O)cc2c1[C@@H]1C[C@@H]3NCCC[C@@H]3CN1CC2)c1ccccc1. The van der Waals surface area contributed by atoms with E-state index in [1.54, 1.807) is 6.07 Å². The predicted octanol–water partition coefficient (Wildman–Crippen LogP) is 3.55. The molecule has 2 saturated heterocycles. The van der Waals surface area contributed by atoms with E-state index in [1.165, 1.54) is 12.8 Å². The fraction of sp³-hybridized carbons (Fsp3) is 0.480. The molecule has 5 rings (SSSR count). The third kappa shape index (κ3) is 3.61. The molecule has 0 unspecified atom stereocenters. The number of nitrogens with one attached hydrogen (secondary N) is 2. The molecule has 4 atom stereocenters. The number of amides is 1. The van der Waals surface area contributed by atoms with E-state index in [-0.39, 0.29) is 23.7 Å². The average molecular weight is 406 g/mol. The number of hydrogen-bond donors (Lipinski definition) is 3. The number of hydrogen-bond acceptors (Lipinski definition) is 4. The van der Waals surface area contributed by atoms with Crippen LogP contribution in [0.15, 0.2) is 42.5 Å². The normalized spacial score (nSPS) is 26.8. The van der Waals surface area contributed by atoms with E-state index in [4.69, 9.17) is 0 Å². The summed E-state index contributed by atoms with van der Waals surface area (Å²) >= 11 is 0. The Morgan fingerprint density at radius 1 is 1.27 bits per heavy atom. The summed E-state index contributed by atoms with van der Waals surface area (Å²) in [6.07, 6.45) is 4.48. The van der Waals surface area contributed by atoms with E-state index in [1.807, 2.05) is 43.3 Å². The zero-order chi connectivity index (χ0) is 20.7. The Morgan fingerprint density at radius 3 is 2.93 bits per heavy atom. The summed E-state index contributed by atoms with van der Waals surface area (Å²) in [6, 6.07) is 14.2. The monoisotopic (exact) mass is 405 g/mol. The van der Waals surface area contributed by atoms with Gasteiger partial charge in [-0.15, -0.1) is 0 Å². The number of phenolic OH excluding ortho intramolecular Hbond substituents is 1. The Morgan fingerprint density at radius 2 is 2.10 bits per heavy atom. The van der Waals surface area contributed by atoms with Crippen molar-refractivity contribution in [3.63, 3.8) is 0 Å². The van der Waals surface area contributed by atoms with Crippen molar-refractivity contribution in [2.75, 3.05) is 19.6 Å². The Hall–Kier alpha value is -2.37. The Kier molecular flexibility index (Phi) is 5.25. The minimum atomic E-state index is -0.0981. The summed E-state index contributed by atoms with van der Waals surface area (Å²) in [5.74, 6) is 0.798. The molecule has 3 aliphatic rings. The van der Waals surface area contributed by atoms with Crippen LogP contribution in [0.2, 0.25) is 0 Å². The third-order valence-corrected chi connectivity index (χ3v) is 7.26. The van der Waals surface area contributed by atoms with E-state index in [0.717, 1.165) is 49.2 Å². The fourth-order valence-corrected chi connectivity index (χ4v) is 5.73. The van der Waals surface area contributed by atoms with Crippen molar-refractivity contribution in [1.82, 2.24) is 15.5 Å². The van der Waals surface area contributed by atoms with Gasteiger partial charge in [0.2, 0.25) is 0 Å². The van der Waals surface area contributed by atoms with Gasteiger partial charge in [0.1, 0.15) is 5.75 Å². The highest BCUT2D eigenvalue weighted by molar-refractivity contribution is 5.97. The lowest BCUT2D eigenvalue weighted by Gasteiger charge is -2.49. The lowest BCUT2D eigenvalue weighted by atomic mass is 9.76. The molecule has 3 aliphatic heterocycles. The number of fused-ring (bicyclic) bond motifs is 4. The lowest BCUT2D eigenvalue weighted by Crippen LogP contribution is -2.55. The number of phenols is 1. The van der Waals surface area contributed by atoms with Gasteiger partial charge in [0.05, 0.1) is 6.04 Å². The molecule has 2 aromatic rings. The standard InChI is InChI=1S/C25H31N3O2/c1-16(17-6-3-2-4-7-17)27-25(30)21-13-20(29)12-18-9-11-28-15-19-8-5-10-26-22(19)14-23(28)24(18)21/h2-4,6-7,12-13,16,19,22-23,26,29H,5,8-11,14-15H2,1H3,(H,27,30)/t16-,19-,22+,23+/m1/s1. The highest BCUT2D eigenvalue weighted by Gasteiger charge is 2.41. The first-order valence-corrected chi connectivity index (χ1v) is 11.3. The summed E-state index contributed by atoms with van der Waals surface area (Å²) < 4.78 is 0. The van der Waals surface area contributed by atoms with Crippen molar-refractivity contribution in [3.05, 3.63) is 64.7 Å². The molecule has 0 radical (unpaired) electrons. The summed E-state index contributed by atoms with van der Waals surface area (Å²) in [5.41, 5.74) is 3.97. The zero-order valence-electron chi connectivity index (χ0n) is 17.6. The number of piperidine rings is 2. The number of carbonyl (C=O) groups is 1. The summed E-state index contributed by atoms with van der Waals surface area (Å²) in [4.78, 5) is 15.9. The van der Waals surface area contributed by atoms with Crippen molar-refractivity contribution < 1.29 is 9.90 Å². The topological polar surface area (TPSA) is 64.6 Å². The van der Waals surface area contributed by atoms with Gasteiger partial charge in [-0.1, -0.05) is 30.3 Å². The van der Waals surface area contributed by atoms with Crippen LogP contribution in [0.3, 0.4) is 0 Å². The maximum atomic E-state index is 13.4. The molecule has 30 heavy (non-hydrogen) atoms. The van der Waals surface area contributed by atoms with E-state index in [0.29, 0.717) is 17.5 Å². The van der Waals surface area contributed by atoms with Gasteiger partial charge in [0, 0.05) is 30.7 Å². The Balaban J connectivity index is 1.45. The second-order valence-corrected chi connectivity index (χ2v) is 9.13. The number of benzene rings is 2. The number of rotatable bonds is 3. The van der Waals surface area contributed by atoms with Crippen molar-refractivity contribution in [1.29, 1.82) is 0 Å². The van der Waals surface area contributed by atoms with Crippen molar-refractivity contribution in [2.45, 2.75) is 50.7 Å². The van der Waals surface area contributed by atoms with E-state index >= 15 is 0 Å². The number of aromatic hydroxyl groups is 1. The fourth-order valence-electron chi connectivity index (χ4n) is 5.73. The largest absolute Gasteiger partial charge is 0.508 e. The predicted molar refractivity (Wildman–Crippen MR) is 118 cm³/mol. The van der Waals surface area contributed by atoms with E-state index < -0.39 is 0 Å². The molecule has 0 aromatic heterocycles. The van der Waals surface area contributed by atoms with Gasteiger partial charge in [-0.3, -0.25) is 9.69 Å². The molecule has 0 saturated carbocycles. The molecule has 3 N–H and O–H groups in total. The van der Waals surface area contributed by atoms with Crippen LogP contribution in [0.1, 0.15) is 65.3 Å². The van der Waals surface area contributed by atoms with Gasteiger partial charge < -0.3 is 15.7 Å². The second kappa shape index (κ2) is 8.05. The highest BCUT2D eigenvalue weighted by Crippen LogP contribution is 2.43. The van der Waals surface area contributed by atoms with Gasteiger partial charge in [0.25, 0.3) is 5.91 Å². The molecule has 0 aliphatic carbocycles. The Bertz CT molecular complexity index is 929. The van der Waals surface area contributed by atoms with Crippen LogP contribution in [0.25, 0.3) is 0 Å². The maximum absolute atomic E-state index is 13.4. The molecule has 5 nitrogen and oxygen atoms in total. The first-order chi connectivity index (χ1) is 14.6.